The third kappa shape index (κ3) is 3.18. The molecule has 0 bridgehead atoms. The summed E-state index contributed by atoms with van der Waals surface area (Å²) in [5.41, 5.74) is 1.14. The third-order valence-corrected chi connectivity index (χ3v) is 11.5. The minimum atomic E-state index is -1.12. The second-order valence-corrected chi connectivity index (χ2v) is 13.7. The summed E-state index contributed by atoms with van der Waals surface area (Å²) in [6, 6.07) is 0. The van der Waals surface area contributed by atoms with E-state index in [0.717, 1.165) is 38.5 Å². The number of hydrogen-bond donors (Lipinski definition) is 0. The molecule has 4 aliphatic carbocycles. The molecule has 0 aromatic heterocycles. The van der Waals surface area contributed by atoms with Gasteiger partial charge in [0, 0.05) is 18.8 Å². The van der Waals surface area contributed by atoms with Crippen molar-refractivity contribution in [2.24, 2.45) is 34.5 Å². The number of ether oxygens (including phenoxy) is 3. The zero-order valence-electron chi connectivity index (χ0n) is 20.7. The van der Waals surface area contributed by atoms with E-state index in [0.29, 0.717) is 37.2 Å². The van der Waals surface area contributed by atoms with Crippen LogP contribution in [0.4, 0.5) is 0 Å². The molecule has 3 saturated carbocycles. The van der Waals surface area contributed by atoms with Crippen molar-refractivity contribution in [3.63, 3.8) is 0 Å². The van der Waals surface area contributed by atoms with Crippen LogP contribution in [0.2, 0.25) is 0 Å². The molecule has 6 rings (SSSR count). The first-order chi connectivity index (χ1) is 16.0. The molecule has 2 heterocycles. The molecule has 5 fully saturated rings. The molecule has 6 aliphatic rings. The molecule has 0 radical (unpaired) electrons. The molecule has 0 N–H and O–H groups in total. The number of allylic oxidation sites excluding steroid dienone is 1. The van der Waals surface area contributed by atoms with Crippen molar-refractivity contribution >= 4 is 28.6 Å². The van der Waals surface area contributed by atoms with E-state index in [1.165, 1.54) is 17.3 Å². The molecule has 2 saturated heterocycles. The van der Waals surface area contributed by atoms with E-state index >= 15 is 0 Å². The number of esters is 1. The number of cyclic esters (lactones) is 1. The predicted molar refractivity (Wildman–Crippen MR) is 127 cm³/mol. The van der Waals surface area contributed by atoms with E-state index in [1.54, 1.807) is 0 Å². The Morgan fingerprint density at radius 2 is 1.76 bits per heavy atom. The summed E-state index contributed by atoms with van der Waals surface area (Å²) in [6.07, 6.45) is 9.16. The highest BCUT2D eigenvalue weighted by Gasteiger charge is 2.66. The molecule has 7 heteroatoms. The predicted octanol–water partition coefficient (Wildman–Crippen LogP) is 4.80. The van der Waals surface area contributed by atoms with Crippen molar-refractivity contribution in [1.82, 2.24) is 0 Å². The fourth-order valence-electron chi connectivity index (χ4n) is 8.82. The molecular weight excluding hydrogens is 452 g/mol. The van der Waals surface area contributed by atoms with E-state index in [1.807, 2.05) is 19.9 Å². The molecule has 0 amide bonds. The van der Waals surface area contributed by atoms with Gasteiger partial charge in [-0.3, -0.25) is 14.4 Å². The highest BCUT2D eigenvalue weighted by atomic mass is 32.2. The lowest BCUT2D eigenvalue weighted by molar-refractivity contribution is -0.482. The zero-order valence-corrected chi connectivity index (χ0v) is 21.5. The Morgan fingerprint density at radius 1 is 1.00 bits per heavy atom. The molecule has 1 spiro atoms. The van der Waals surface area contributed by atoms with Crippen LogP contribution in [0.3, 0.4) is 0 Å². The lowest BCUT2D eigenvalue weighted by atomic mass is 9.46. The van der Waals surface area contributed by atoms with Gasteiger partial charge in [0.2, 0.25) is 11.6 Å². The summed E-state index contributed by atoms with van der Waals surface area (Å²) in [7, 11) is 0. The summed E-state index contributed by atoms with van der Waals surface area (Å²) in [6.45, 7) is 8.81. The van der Waals surface area contributed by atoms with Crippen molar-refractivity contribution < 1.29 is 28.6 Å². The number of rotatable bonds is 2. The maximum absolute atomic E-state index is 13.4. The van der Waals surface area contributed by atoms with Gasteiger partial charge in [-0.1, -0.05) is 31.2 Å². The van der Waals surface area contributed by atoms with Crippen LogP contribution >= 0.6 is 11.8 Å². The standard InChI is InChI=1S/C27H36O6S/c1-24(2)32-27(33-24)14-26(4)15(13-21(27)28)5-6-16-17-7-8-19(25(17,3)11-9-18(16)26)23(30)34-20-10-12-31-22(20)29/h13,16-20H,5-12,14H2,1-4H3/t16-,17-,18-,19-,20?,25-,26-/m0/s1. The van der Waals surface area contributed by atoms with Gasteiger partial charge in [0.15, 0.2) is 10.9 Å². The summed E-state index contributed by atoms with van der Waals surface area (Å²) in [5.74, 6) is -0.568. The normalized spacial score (nSPS) is 46.1. The average molecular weight is 489 g/mol. The Balaban J connectivity index is 1.23. The zero-order chi connectivity index (χ0) is 24.1. The average Bonchev–Trinajstić information content (AvgIpc) is 3.30. The monoisotopic (exact) mass is 488 g/mol. The minimum Gasteiger partial charge on any atom is -0.465 e. The quantitative estimate of drug-likeness (QED) is 0.517. The van der Waals surface area contributed by atoms with Crippen LogP contribution in [-0.2, 0) is 28.6 Å². The lowest BCUT2D eigenvalue weighted by Crippen LogP contribution is -2.68. The fraction of sp³-hybridized carbons (Fsp3) is 0.815. The van der Waals surface area contributed by atoms with E-state index in [2.05, 4.69) is 13.8 Å². The van der Waals surface area contributed by atoms with E-state index in [-0.39, 0.29) is 38.9 Å². The van der Waals surface area contributed by atoms with Gasteiger partial charge >= 0.3 is 5.97 Å². The van der Waals surface area contributed by atoms with Gasteiger partial charge in [0.05, 0.1) is 6.61 Å². The summed E-state index contributed by atoms with van der Waals surface area (Å²) in [5, 5.41) is -0.133. The Bertz CT molecular complexity index is 978. The number of ketones is 1. The lowest BCUT2D eigenvalue weighted by Gasteiger charge is -2.62. The molecular formula is C27H36O6S. The molecule has 186 valence electrons. The number of carbonyl (C=O) groups is 3. The Morgan fingerprint density at radius 3 is 2.44 bits per heavy atom. The topological polar surface area (TPSA) is 78.9 Å². The number of hydrogen-bond acceptors (Lipinski definition) is 7. The molecule has 0 aromatic carbocycles. The SMILES string of the molecule is CC1(C)OC2(C[C@@]3(C)C(=CC2=O)CC[C@H]2[C@@H]4CC[C@@H](C(=O)SC5CCOC5=O)[C@@]4(C)CC[C@@H]23)O1. The second-order valence-electron chi connectivity index (χ2n) is 12.5. The molecule has 0 aromatic rings. The van der Waals surface area contributed by atoms with E-state index < -0.39 is 11.6 Å². The van der Waals surface area contributed by atoms with Crippen LogP contribution in [-0.4, -0.2) is 40.3 Å². The Kier molecular flexibility index (Phi) is 5.07. The van der Waals surface area contributed by atoms with Crippen LogP contribution in [0, 0.1) is 34.5 Å². The van der Waals surface area contributed by atoms with Gasteiger partial charge in [-0.2, -0.15) is 0 Å². The van der Waals surface area contributed by atoms with Crippen LogP contribution < -0.4 is 0 Å². The first kappa shape index (κ1) is 23.2. The smallest absolute Gasteiger partial charge is 0.319 e. The minimum absolute atomic E-state index is 0.0139. The van der Waals surface area contributed by atoms with Gasteiger partial charge in [-0.25, -0.2) is 0 Å². The number of thioether (sulfide) groups is 1. The van der Waals surface area contributed by atoms with Crippen LogP contribution in [0.1, 0.15) is 79.1 Å². The Labute approximate surface area is 205 Å². The van der Waals surface area contributed by atoms with E-state index in [9.17, 15) is 14.4 Å². The summed E-state index contributed by atoms with van der Waals surface area (Å²) < 4.78 is 17.3. The van der Waals surface area contributed by atoms with Crippen molar-refractivity contribution in [2.45, 2.75) is 95.9 Å². The fourth-order valence-corrected chi connectivity index (χ4v) is 10.0. The van der Waals surface area contributed by atoms with Gasteiger partial charge < -0.3 is 14.2 Å². The summed E-state index contributed by atoms with van der Waals surface area (Å²) >= 11 is 1.23. The molecule has 6 nitrogen and oxygen atoms in total. The number of fused-ring (bicyclic) bond motifs is 5. The Hall–Kier alpha value is -1.18. The number of carbonyl (C=O) groups excluding carboxylic acids is 3. The first-order valence-electron chi connectivity index (χ1n) is 13.0. The highest BCUT2D eigenvalue weighted by Crippen LogP contribution is 2.68. The van der Waals surface area contributed by atoms with Gasteiger partial charge in [0.25, 0.3) is 0 Å². The largest absolute Gasteiger partial charge is 0.465 e. The van der Waals surface area contributed by atoms with Crippen LogP contribution in [0.5, 0.6) is 0 Å². The first-order valence-corrected chi connectivity index (χ1v) is 13.9. The maximum Gasteiger partial charge on any atom is 0.319 e. The molecule has 2 aliphatic heterocycles. The van der Waals surface area contributed by atoms with Crippen molar-refractivity contribution in [3.8, 4) is 0 Å². The van der Waals surface area contributed by atoms with Crippen LogP contribution in [0.15, 0.2) is 11.6 Å². The van der Waals surface area contributed by atoms with Gasteiger partial charge in [-0.15, -0.1) is 0 Å². The molecule has 7 atom stereocenters. The van der Waals surface area contributed by atoms with Crippen molar-refractivity contribution in [2.75, 3.05) is 6.61 Å². The third-order valence-electron chi connectivity index (χ3n) is 10.3. The molecule has 1 unspecified atom stereocenters. The van der Waals surface area contributed by atoms with Crippen molar-refractivity contribution in [1.29, 1.82) is 0 Å². The highest BCUT2D eigenvalue weighted by molar-refractivity contribution is 8.14. The maximum atomic E-state index is 13.4. The summed E-state index contributed by atoms with van der Waals surface area (Å²) in [4.78, 5) is 38.3. The second kappa shape index (κ2) is 7.42. The van der Waals surface area contributed by atoms with E-state index in [4.69, 9.17) is 14.2 Å². The van der Waals surface area contributed by atoms with Gasteiger partial charge in [-0.05, 0) is 87.0 Å². The van der Waals surface area contributed by atoms with Crippen molar-refractivity contribution in [3.05, 3.63) is 11.6 Å². The molecule has 34 heavy (non-hydrogen) atoms. The van der Waals surface area contributed by atoms with Crippen LogP contribution in [0.25, 0.3) is 0 Å². The van der Waals surface area contributed by atoms with Gasteiger partial charge in [0.1, 0.15) is 5.25 Å².